The van der Waals surface area contributed by atoms with Crippen LogP contribution in [-0.2, 0) is 4.79 Å². The highest BCUT2D eigenvalue weighted by Gasteiger charge is 2.25. The molecule has 0 bridgehead atoms. The summed E-state index contributed by atoms with van der Waals surface area (Å²) < 4.78 is 14.0. The second-order valence-electron chi connectivity index (χ2n) is 6.38. The first-order valence-corrected chi connectivity index (χ1v) is 9.25. The van der Waals surface area contributed by atoms with Crippen molar-refractivity contribution in [2.24, 2.45) is 10.2 Å². The largest absolute Gasteiger partial charge is 0.371 e. The van der Waals surface area contributed by atoms with Crippen LogP contribution in [0.4, 0.5) is 38.5 Å². The number of amides is 1. The van der Waals surface area contributed by atoms with Crippen LogP contribution in [0, 0.1) is 37.4 Å². The third-order valence-corrected chi connectivity index (χ3v) is 4.23. The van der Waals surface area contributed by atoms with E-state index in [4.69, 9.17) is 5.26 Å². The summed E-state index contributed by atoms with van der Waals surface area (Å²) in [7, 11) is 0. The van der Waals surface area contributed by atoms with Gasteiger partial charge in [0.15, 0.2) is 5.69 Å². The van der Waals surface area contributed by atoms with Crippen molar-refractivity contribution in [3.63, 3.8) is 0 Å². The minimum Gasteiger partial charge on any atom is -0.371 e. The lowest BCUT2D eigenvalue weighted by atomic mass is 10.2. The molecule has 166 valence electrons. The van der Waals surface area contributed by atoms with E-state index in [9.17, 15) is 29.4 Å². The van der Waals surface area contributed by atoms with Crippen LogP contribution >= 0.6 is 0 Å². The summed E-state index contributed by atoms with van der Waals surface area (Å²) in [4.78, 5) is 33.6. The smallest absolute Gasteiger partial charge is 0.311 e. The second-order valence-corrected chi connectivity index (χ2v) is 6.38. The Hall–Kier alpha value is -4.47. The number of nitrogens with zero attached hydrogens (tertiary/aromatic N) is 6. The van der Waals surface area contributed by atoms with Crippen molar-refractivity contribution in [3.8, 4) is 6.07 Å². The van der Waals surface area contributed by atoms with E-state index in [0.717, 1.165) is 0 Å². The molecule has 0 unspecified atom stereocenters. The van der Waals surface area contributed by atoms with Gasteiger partial charge in [-0.2, -0.15) is 9.65 Å². The van der Waals surface area contributed by atoms with Crippen molar-refractivity contribution < 1.29 is 19.0 Å². The van der Waals surface area contributed by atoms with Crippen molar-refractivity contribution >= 4 is 40.0 Å². The molecule has 32 heavy (non-hydrogen) atoms. The Morgan fingerprint density at radius 2 is 1.81 bits per heavy atom. The van der Waals surface area contributed by atoms with Crippen LogP contribution in [0.5, 0.6) is 0 Å². The Labute approximate surface area is 181 Å². The fourth-order valence-corrected chi connectivity index (χ4v) is 2.77. The standard InChI is InChI=1S/C19H18FN7O5/c1-3-25(8-4-7-21)13-5-6-15(16(9-13)22-12(2)28)23-24-17-10-14(20)18(26(29)30)11-19(17)27(31)32/h5-6,9-11H,3-4,8H2,1-2H3,(H,22,28). The molecule has 1 N–H and O–H groups in total. The highest BCUT2D eigenvalue weighted by molar-refractivity contribution is 5.93. The van der Waals surface area contributed by atoms with E-state index < -0.39 is 38.6 Å². The molecule has 0 aliphatic heterocycles. The van der Waals surface area contributed by atoms with E-state index in [1.54, 1.807) is 12.1 Å². The molecule has 1 amide bonds. The number of nitrogens with one attached hydrogen (secondary N) is 1. The van der Waals surface area contributed by atoms with Gasteiger partial charge in [0.2, 0.25) is 11.7 Å². The zero-order valence-corrected chi connectivity index (χ0v) is 17.1. The Kier molecular flexibility index (Phi) is 7.83. The molecule has 2 aromatic rings. The van der Waals surface area contributed by atoms with E-state index in [1.165, 1.54) is 13.0 Å². The Bertz CT molecular complexity index is 1130. The average Bonchev–Trinajstić information content (AvgIpc) is 2.72. The quantitative estimate of drug-likeness (QED) is 0.331. The maximum absolute atomic E-state index is 14.0. The predicted octanol–water partition coefficient (Wildman–Crippen LogP) is 4.76. The van der Waals surface area contributed by atoms with Gasteiger partial charge in [0.25, 0.3) is 0 Å². The maximum Gasteiger partial charge on any atom is 0.311 e. The molecule has 0 heterocycles. The lowest BCUT2D eigenvalue weighted by molar-refractivity contribution is -0.395. The number of benzene rings is 2. The van der Waals surface area contributed by atoms with Gasteiger partial charge in [-0.15, -0.1) is 10.2 Å². The number of nitro benzene ring substituents is 2. The number of carbonyl (C=O) groups is 1. The minimum atomic E-state index is -1.30. The van der Waals surface area contributed by atoms with Gasteiger partial charge in [0.05, 0.1) is 34.1 Å². The van der Waals surface area contributed by atoms with Crippen LogP contribution in [0.15, 0.2) is 40.6 Å². The monoisotopic (exact) mass is 443 g/mol. The van der Waals surface area contributed by atoms with Gasteiger partial charge >= 0.3 is 11.4 Å². The first-order chi connectivity index (χ1) is 15.2. The molecule has 0 aliphatic rings. The van der Waals surface area contributed by atoms with Crippen molar-refractivity contribution in [2.45, 2.75) is 20.3 Å². The van der Waals surface area contributed by atoms with Gasteiger partial charge in [-0.05, 0) is 25.1 Å². The fourth-order valence-electron chi connectivity index (χ4n) is 2.77. The van der Waals surface area contributed by atoms with Crippen LogP contribution in [0.2, 0.25) is 0 Å². The molecule has 0 saturated carbocycles. The summed E-state index contributed by atoms with van der Waals surface area (Å²) in [6.07, 6.45) is 0.292. The number of halogens is 1. The van der Waals surface area contributed by atoms with Crippen LogP contribution in [-0.4, -0.2) is 28.8 Å². The van der Waals surface area contributed by atoms with Crippen LogP contribution < -0.4 is 10.2 Å². The molecule has 0 spiro atoms. The number of azo groups is 1. The number of nitro groups is 2. The van der Waals surface area contributed by atoms with E-state index in [1.807, 2.05) is 11.8 Å². The topological polar surface area (TPSA) is 167 Å². The predicted molar refractivity (Wildman–Crippen MR) is 113 cm³/mol. The first kappa shape index (κ1) is 23.8. The lowest BCUT2D eigenvalue weighted by Gasteiger charge is -2.23. The van der Waals surface area contributed by atoms with E-state index in [2.05, 4.69) is 21.6 Å². The lowest BCUT2D eigenvalue weighted by Crippen LogP contribution is -2.23. The highest BCUT2D eigenvalue weighted by atomic mass is 19.1. The van der Waals surface area contributed by atoms with Gasteiger partial charge < -0.3 is 10.2 Å². The molecule has 12 nitrogen and oxygen atoms in total. The molecule has 0 fully saturated rings. The van der Waals surface area contributed by atoms with Crippen LogP contribution in [0.25, 0.3) is 0 Å². The summed E-state index contributed by atoms with van der Waals surface area (Å²) >= 11 is 0. The van der Waals surface area contributed by atoms with Gasteiger partial charge in [0.1, 0.15) is 5.69 Å². The van der Waals surface area contributed by atoms with E-state index in [0.29, 0.717) is 37.3 Å². The zero-order chi connectivity index (χ0) is 23.8. The molecule has 0 atom stereocenters. The zero-order valence-electron chi connectivity index (χ0n) is 17.1. The number of anilines is 2. The molecular formula is C19H18FN7O5. The number of nitriles is 1. The summed E-state index contributed by atoms with van der Waals surface area (Å²) in [5.41, 5.74) is -1.34. The highest BCUT2D eigenvalue weighted by Crippen LogP contribution is 2.36. The first-order valence-electron chi connectivity index (χ1n) is 9.25. The fraction of sp³-hybridized carbons (Fsp3) is 0.263. The van der Waals surface area contributed by atoms with Gasteiger partial charge in [0, 0.05) is 31.8 Å². The Balaban J connectivity index is 2.50. The maximum atomic E-state index is 14.0. The molecule has 0 radical (unpaired) electrons. The number of rotatable bonds is 9. The minimum absolute atomic E-state index is 0.119. The molecule has 13 heteroatoms. The third kappa shape index (κ3) is 5.79. The molecule has 0 saturated heterocycles. The van der Waals surface area contributed by atoms with Crippen LogP contribution in [0.1, 0.15) is 20.3 Å². The Morgan fingerprint density at radius 3 is 2.38 bits per heavy atom. The van der Waals surface area contributed by atoms with E-state index >= 15 is 0 Å². The SMILES string of the molecule is CCN(CCC#N)c1ccc(N=Nc2cc(F)c([N+](=O)[O-])cc2[N+](=O)[O-])c(NC(C)=O)c1. The molecule has 0 aromatic heterocycles. The van der Waals surface area contributed by atoms with E-state index in [-0.39, 0.29) is 11.4 Å². The number of hydrogen-bond donors (Lipinski definition) is 1. The summed E-state index contributed by atoms with van der Waals surface area (Å²) in [5.74, 6) is -1.71. The van der Waals surface area contributed by atoms with Crippen LogP contribution in [0.3, 0.4) is 0 Å². The summed E-state index contributed by atoms with van der Waals surface area (Å²) in [6, 6.07) is 7.82. The van der Waals surface area contributed by atoms with Crippen molar-refractivity contribution in [1.82, 2.24) is 0 Å². The molecule has 2 rings (SSSR count). The Morgan fingerprint density at radius 1 is 1.16 bits per heavy atom. The molecular weight excluding hydrogens is 425 g/mol. The molecule has 2 aromatic carbocycles. The van der Waals surface area contributed by atoms with Gasteiger partial charge in [-0.1, -0.05) is 0 Å². The third-order valence-electron chi connectivity index (χ3n) is 4.23. The number of carbonyl (C=O) groups excluding carboxylic acids is 1. The second kappa shape index (κ2) is 10.5. The van der Waals surface area contributed by atoms with Gasteiger partial charge in [-0.3, -0.25) is 25.0 Å². The normalized spacial score (nSPS) is 10.6. The number of hydrogen-bond acceptors (Lipinski definition) is 9. The average molecular weight is 443 g/mol. The summed E-state index contributed by atoms with van der Waals surface area (Å²) in [6.45, 7) is 4.22. The van der Waals surface area contributed by atoms with Crippen molar-refractivity contribution in [3.05, 3.63) is 56.4 Å². The van der Waals surface area contributed by atoms with Crippen molar-refractivity contribution in [1.29, 1.82) is 5.26 Å². The van der Waals surface area contributed by atoms with Crippen molar-refractivity contribution in [2.75, 3.05) is 23.3 Å². The van der Waals surface area contributed by atoms with Gasteiger partial charge in [-0.25, -0.2) is 0 Å². The molecule has 0 aliphatic carbocycles. The summed E-state index contributed by atoms with van der Waals surface area (Å²) in [5, 5.41) is 41.0.